The molecule has 3 rings (SSSR count). The molecule has 1 aromatic heterocycles. The molecule has 118 valence electrons. The summed E-state index contributed by atoms with van der Waals surface area (Å²) < 4.78 is 7.56. The van der Waals surface area contributed by atoms with Crippen molar-refractivity contribution in [2.75, 3.05) is 0 Å². The number of hydrogen-bond acceptors (Lipinski definition) is 4. The Kier molecular flexibility index (Phi) is 4.68. The van der Waals surface area contributed by atoms with Gasteiger partial charge in [-0.25, -0.2) is 4.68 Å². The molecule has 0 saturated carbocycles. The summed E-state index contributed by atoms with van der Waals surface area (Å²) >= 11 is 0. The van der Waals surface area contributed by atoms with Gasteiger partial charge in [-0.1, -0.05) is 53.2 Å². The highest BCUT2D eigenvalue weighted by atomic mass is 16.5. The maximum absolute atomic E-state index is 9.46. The van der Waals surface area contributed by atoms with Crippen LogP contribution in [0, 0.1) is 6.92 Å². The molecule has 5 nitrogen and oxygen atoms in total. The van der Waals surface area contributed by atoms with Crippen LogP contribution >= 0.6 is 0 Å². The lowest BCUT2D eigenvalue weighted by Gasteiger charge is -2.10. The first kappa shape index (κ1) is 15.2. The number of rotatable bonds is 6. The van der Waals surface area contributed by atoms with Crippen LogP contribution < -0.4 is 4.74 Å². The minimum Gasteiger partial charge on any atom is -0.487 e. The molecule has 0 amide bonds. The smallest absolute Gasteiger partial charge is 0.132 e. The first-order valence-electron chi connectivity index (χ1n) is 7.52. The van der Waals surface area contributed by atoms with Gasteiger partial charge in [0.1, 0.15) is 23.7 Å². The predicted molar refractivity (Wildman–Crippen MR) is 87.0 cm³/mol. The Morgan fingerprint density at radius 1 is 1.04 bits per heavy atom. The van der Waals surface area contributed by atoms with Gasteiger partial charge in [-0.15, -0.1) is 5.10 Å². The van der Waals surface area contributed by atoms with Gasteiger partial charge in [-0.05, 0) is 24.6 Å². The van der Waals surface area contributed by atoms with E-state index in [1.54, 1.807) is 4.68 Å². The second kappa shape index (κ2) is 7.07. The molecule has 0 spiro atoms. The van der Waals surface area contributed by atoms with Crippen LogP contribution in [0.2, 0.25) is 0 Å². The number of hydrogen-bond donors (Lipinski definition) is 1. The summed E-state index contributed by atoms with van der Waals surface area (Å²) in [6.45, 7) is 2.82. The number of benzene rings is 2. The third kappa shape index (κ3) is 3.76. The summed E-state index contributed by atoms with van der Waals surface area (Å²) in [5, 5.41) is 17.6. The molecule has 2 aromatic carbocycles. The lowest BCUT2D eigenvalue weighted by Crippen LogP contribution is -2.10. The molecule has 0 fully saturated rings. The summed E-state index contributed by atoms with van der Waals surface area (Å²) in [5.74, 6) is 0.777. The van der Waals surface area contributed by atoms with E-state index in [2.05, 4.69) is 41.5 Å². The Hall–Kier alpha value is -2.66. The Morgan fingerprint density at radius 3 is 2.48 bits per heavy atom. The molecule has 3 aromatic rings. The summed E-state index contributed by atoms with van der Waals surface area (Å²) in [5.41, 5.74) is 3.69. The second-order valence-corrected chi connectivity index (χ2v) is 5.39. The zero-order valence-corrected chi connectivity index (χ0v) is 13.0. The van der Waals surface area contributed by atoms with Crippen molar-refractivity contribution in [1.82, 2.24) is 15.0 Å². The van der Waals surface area contributed by atoms with Crippen molar-refractivity contribution < 1.29 is 9.84 Å². The van der Waals surface area contributed by atoms with Gasteiger partial charge < -0.3 is 9.84 Å². The molecular formula is C18H19N3O2. The highest BCUT2D eigenvalue weighted by Crippen LogP contribution is 2.15. The number of aromatic nitrogens is 3. The number of nitrogens with zero attached hydrogens (tertiary/aromatic N) is 3. The van der Waals surface area contributed by atoms with Crippen LogP contribution in [-0.2, 0) is 19.8 Å². The molecule has 0 aliphatic rings. The quantitative estimate of drug-likeness (QED) is 0.760. The summed E-state index contributed by atoms with van der Waals surface area (Å²) in [4.78, 5) is 0. The average molecular weight is 309 g/mol. The lowest BCUT2D eigenvalue weighted by molar-refractivity contribution is 0.262. The molecule has 5 heteroatoms. The van der Waals surface area contributed by atoms with E-state index in [0.717, 1.165) is 17.0 Å². The van der Waals surface area contributed by atoms with E-state index in [1.807, 2.05) is 30.3 Å². The number of para-hydroxylation sites is 1. The monoisotopic (exact) mass is 309 g/mol. The normalized spacial score (nSPS) is 10.7. The van der Waals surface area contributed by atoms with Crippen molar-refractivity contribution in [3.63, 3.8) is 0 Å². The highest BCUT2D eigenvalue weighted by molar-refractivity contribution is 5.23. The van der Waals surface area contributed by atoms with E-state index >= 15 is 0 Å². The maximum Gasteiger partial charge on any atom is 0.132 e. The Bertz CT molecular complexity index is 752. The first-order valence-corrected chi connectivity index (χ1v) is 7.52. The van der Waals surface area contributed by atoms with Crippen LogP contribution in [0.25, 0.3) is 0 Å². The minimum atomic E-state index is -0.151. The van der Waals surface area contributed by atoms with Gasteiger partial charge in [-0.3, -0.25) is 0 Å². The molecule has 1 N–H and O–H groups in total. The van der Waals surface area contributed by atoms with Crippen molar-refractivity contribution in [2.45, 2.75) is 26.7 Å². The standard InChI is InChI=1S/C18H19N3O2/c1-14-7-9-15(10-8-14)11-21-18(17(12-22)19-20-21)13-23-16-5-3-2-4-6-16/h2-10,22H,11-13H2,1H3. The number of ether oxygens (including phenoxy) is 1. The topological polar surface area (TPSA) is 60.2 Å². The summed E-state index contributed by atoms with van der Waals surface area (Å²) in [6, 6.07) is 17.8. The van der Waals surface area contributed by atoms with Gasteiger partial charge >= 0.3 is 0 Å². The SMILES string of the molecule is Cc1ccc(Cn2nnc(CO)c2COc2ccccc2)cc1. The zero-order valence-electron chi connectivity index (χ0n) is 13.0. The van der Waals surface area contributed by atoms with Crippen molar-refractivity contribution in [3.05, 3.63) is 77.1 Å². The van der Waals surface area contributed by atoms with E-state index < -0.39 is 0 Å². The van der Waals surface area contributed by atoms with Gasteiger partial charge in [0.15, 0.2) is 0 Å². The molecule has 1 heterocycles. The van der Waals surface area contributed by atoms with Gasteiger partial charge in [-0.2, -0.15) is 0 Å². The second-order valence-electron chi connectivity index (χ2n) is 5.39. The predicted octanol–water partition coefficient (Wildman–Crippen LogP) is 2.71. The molecule has 0 saturated heterocycles. The summed E-state index contributed by atoms with van der Waals surface area (Å²) in [6.07, 6.45) is 0. The van der Waals surface area contributed by atoms with Crippen LogP contribution in [0.1, 0.15) is 22.5 Å². The zero-order chi connectivity index (χ0) is 16.1. The van der Waals surface area contributed by atoms with Crippen LogP contribution in [0.15, 0.2) is 54.6 Å². The van der Waals surface area contributed by atoms with E-state index in [4.69, 9.17) is 4.74 Å². The molecule has 0 atom stereocenters. The minimum absolute atomic E-state index is 0.151. The van der Waals surface area contributed by atoms with Crippen molar-refractivity contribution in [3.8, 4) is 5.75 Å². The van der Waals surface area contributed by atoms with E-state index in [1.165, 1.54) is 5.56 Å². The average Bonchev–Trinajstić information content (AvgIpc) is 2.98. The van der Waals surface area contributed by atoms with Crippen molar-refractivity contribution in [1.29, 1.82) is 0 Å². The molecule has 0 aliphatic heterocycles. The van der Waals surface area contributed by atoms with Gasteiger partial charge in [0, 0.05) is 0 Å². The Morgan fingerprint density at radius 2 is 1.78 bits per heavy atom. The fourth-order valence-corrected chi connectivity index (χ4v) is 2.31. The maximum atomic E-state index is 9.46. The van der Waals surface area contributed by atoms with Crippen molar-refractivity contribution >= 4 is 0 Å². The lowest BCUT2D eigenvalue weighted by atomic mass is 10.1. The Balaban J connectivity index is 1.78. The van der Waals surface area contributed by atoms with Crippen LogP contribution in [-0.4, -0.2) is 20.1 Å². The fourth-order valence-electron chi connectivity index (χ4n) is 2.31. The molecule has 0 aliphatic carbocycles. The Labute approximate surface area is 135 Å². The molecule has 0 unspecified atom stereocenters. The van der Waals surface area contributed by atoms with E-state index in [9.17, 15) is 5.11 Å². The summed E-state index contributed by atoms with van der Waals surface area (Å²) in [7, 11) is 0. The third-order valence-electron chi connectivity index (χ3n) is 3.64. The van der Waals surface area contributed by atoms with Crippen molar-refractivity contribution in [2.24, 2.45) is 0 Å². The number of aryl methyl sites for hydroxylation is 1. The number of aliphatic hydroxyl groups excluding tert-OH is 1. The third-order valence-corrected chi connectivity index (χ3v) is 3.64. The number of aliphatic hydroxyl groups is 1. The van der Waals surface area contributed by atoms with E-state index in [0.29, 0.717) is 18.8 Å². The largest absolute Gasteiger partial charge is 0.487 e. The van der Waals surface area contributed by atoms with Gasteiger partial charge in [0.25, 0.3) is 0 Å². The van der Waals surface area contributed by atoms with Crippen LogP contribution in [0.3, 0.4) is 0 Å². The molecule has 0 radical (unpaired) electrons. The fraction of sp³-hybridized carbons (Fsp3) is 0.222. The molecular weight excluding hydrogens is 290 g/mol. The van der Waals surface area contributed by atoms with Gasteiger partial charge in [0.2, 0.25) is 0 Å². The molecule has 23 heavy (non-hydrogen) atoms. The molecule has 0 bridgehead atoms. The first-order chi connectivity index (χ1) is 11.3. The van der Waals surface area contributed by atoms with Crippen LogP contribution in [0.5, 0.6) is 5.75 Å². The highest BCUT2D eigenvalue weighted by Gasteiger charge is 2.13. The van der Waals surface area contributed by atoms with E-state index in [-0.39, 0.29) is 6.61 Å². The van der Waals surface area contributed by atoms with Gasteiger partial charge in [0.05, 0.1) is 13.2 Å². The van der Waals surface area contributed by atoms with Crippen LogP contribution in [0.4, 0.5) is 0 Å².